The molecule has 1 saturated heterocycles. The smallest absolute Gasteiger partial charge is 0.124 e. The van der Waals surface area contributed by atoms with Crippen LogP contribution in [0, 0.1) is 5.92 Å². The second-order valence-electron chi connectivity index (χ2n) is 4.07. The third-order valence-corrected chi connectivity index (χ3v) is 4.30. The topological polar surface area (TPSA) is 24.9 Å². The Hall–Kier alpha value is -0.380. The van der Waals surface area contributed by atoms with Crippen molar-refractivity contribution in [1.82, 2.24) is 10.3 Å². The van der Waals surface area contributed by atoms with E-state index in [1.54, 1.807) is 0 Å². The fourth-order valence-corrected chi connectivity index (χ4v) is 2.58. The molecule has 1 aliphatic carbocycles. The van der Waals surface area contributed by atoms with Crippen LogP contribution in [0.5, 0.6) is 0 Å². The molecule has 2 nitrogen and oxygen atoms in total. The third-order valence-electron chi connectivity index (χ3n) is 3.15. The van der Waals surface area contributed by atoms with E-state index in [9.17, 15) is 0 Å². The fraction of sp³-hybridized carbons (Fsp3) is 0.364. The lowest BCUT2D eigenvalue weighted by molar-refractivity contribution is 0.306. The van der Waals surface area contributed by atoms with Crippen LogP contribution >= 0.6 is 27.5 Å². The Morgan fingerprint density at radius 2 is 2.40 bits per heavy atom. The average molecular weight is 286 g/mol. The highest BCUT2D eigenvalue weighted by Crippen LogP contribution is 2.36. The maximum Gasteiger partial charge on any atom is 0.124 e. The molecule has 78 valence electrons. The molecule has 15 heavy (non-hydrogen) atoms. The number of halogens is 2. The van der Waals surface area contributed by atoms with Crippen molar-refractivity contribution in [3.63, 3.8) is 0 Å². The molecule has 1 aromatic heterocycles. The minimum atomic E-state index is 0.655. The third kappa shape index (κ3) is 1.63. The number of fused-ring (bicyclic) bond motifs is 1. The quantitative estimate of drug-likeness (QED) is 0.803. The van der Waals surface area contributed by atoms with Crippen molar-refractivity contribution in [2.24, 2.45) is 5.92 Å². The Morgan fingerprint density at radius 1 is 1.53 bits per heavy atom. The van der Waals surface area contributed by atoms with Gasteiger partial charge in [0.1, 0.15) is 4.60 Å². The maximum absolute atomic E-state index is 6.03. The average Bonchev–Trinajstić information content (AvgIpc) is 2.48. The van der Waals surface area contributed by atoms with Gasteiger partial charge in [-0.15, -0.1) is 0 Å². The van der Waals surface area contributed by atoms with E-state index in [1.807, 2.05) is 12.3 Å². The zero-order valence-corrected chi connectivity index (χ0v) is 10.3. The Balaban J connectivity index is 1.93. The fourth-order valence-electron chi connectivity index (χ4n) is 2.19. The zero-order valence-electron chi connectivity index (χ0n) is 8.00. The van der Waals surface area contributed by atoms with Gasteiger partial charge in [0, 0.05) is 24.7 Å². The Morgan fingerprint density at radius 3 is 2.93 bits per heavy atom. The number of hydrogen-bond donors (Lipinski definition) is 1. The van der Waals surface area contributed by atoms with Crippen LogP contribution in [0.1, 0.15) is 12.0 Å². The molecule has 2 heterocycles. The van der Waals surface area contributed by atoms with Crippen LogP contribution in [0.3, 0.4) is 0 Å². The van der Waals surface area contributed by atoms with E-state index in [0.717, 1.165) is 24.4 Å². The van der Waals surface area contributed by atoms with Gasteiger partial charge in [-0.2, -0.15) is 0 Å². The molecule has 1 fully saturated rings. The minimum absolute atomic E-state index is 0.655. The van der Waals surface area contributed by atoms with E-state index in [-0.39, 0.29) is 0 Å². The van der Waals surface area contributed by atoms with Crippen molar-refractivity contribution in [3.8, 4) is 0 Å². The van der Waals surface area contributed by atoms with Crippen molar-refractivity contribution in [2.45, 2.75) is 12.5 Å². The first kappa shape index (κ1) is 9.82. The first-order valence-corrected chi connectivity index (χ1v) is 6.16. The maximum atomic E-state index is 6.03. The van der Waals surface area contributed by atoms with Crippen molar-refractivity contribution < 1.29 is 0 Å². The lowest BCUT2D eigenvalue weighted by atomic mass is 9.95. The van der Waals surface area contributed by atoms with Crippen molar-refractivity contribution in [2.75, 3.05) is 6.54 Å². The summed E-state index contributed by atoms with van der Waals surface area (Å²) in [6.07, 6.45) is 5.33. The highest BCUT2D eigenvalue weighted by atomic mass is 79.9. The molecular formula is C11H10BrClN2. The van der Waals surface area contributed by atoms with Crippen molar-refractivity contribution >= 4 is 33.1 Å². The Labute approximate surface area is 102 Å². The van der Waals surface area contributed by atoms with E-state index >= 15 is 0 Å². The molecule has 2 unspecified atom stereocenters. The summed E-state index contributed by atoms with van der Waals surface area (Å²) in [4.78, 5) is 4.22. The van der Waals surface area contributed by atoms with E-state index in [2.05, 4.69) is 32.3 Å². The van der Waals surface area contributed by atoms with Gasteiger partial charge in [-0.1, -0.05) is 17.7 Å². The monoisotopic (exact) mass is 284 g/mol. The summed E-state index contributed by atoms with van der Waals surface area (Å²) in [6, 6.07) is 2.64. The molecule has 1 aromatic rings. The molecule has 1 aliphatic heterocycles. The van der Waals surface area contributed by atoms with Crippen molar-refractivity contribution in [1.29, 1.82) is 0 Å². The standard InChI is InChI=1S/C11H10BrClN2/c12-11-9(13)2-7(4-15-11)6-1-8-5-14-10(8)3-6/h1-2,4,8,10,14H,3,5H2. The molecular weight excluding hydrogens is 275 g/mol. The van der Waals surface area contributed by atoms with Crippen LogP contribution in [-0.2, 0) is 0 Å². The number of nitrogens with one attached hydrogen (secondary N) is 1. The van der Waals surface area contributed by atoms with Gasteiger partial charge in [0.05, 0.1) is 5.02 Å². The molecule has 0 amide bonds. The second-order valence-corrected chi connectivity index (χ2v) is 5.23. The Kier molecular flexibility index (Phi) is 2.34. The number of nitrogens with zero attached hydrogens (tertiary/aromatic N) is 1. The lowest BCUT2D eigenvalue weighted by Gasteiger charge is -2.31. The normalized spacial score (nSPS) is 28.3. The highest BCUT2D eigenvalue weighted by Gasteiger charge is 2.34. The van der Waals surface area contributed by atoms with Crippen molar-refractivity contribution in [3.05, 3.63) is 33.5 Å². The summed E-state index contributed by atoms with van der Waals surface area (Å²) in [6.45, 7) is 1.12. The predicted molar refractivity (Wildman–Crippen MR) is 64.8 cm³/mol. The summed E-state index contributed by atoms with van der Waals surface area (Å²) >= 11 is 9.33. The second kappa shape index (κ2) is 3.58. The lowest BCUT2D eigenvalue weighted by Crippen LogP contribution is -2.49. The van der Waals surface area contributed by atoms with Gasteiger partial charge in [-0.25, -0.2) is 4.98 Å². The number of pyridine rings is 1. The van der Waals surface area contributed by atoms with Gasteiger partial charge in [0.25, 0.3) is 0 Å². The van der Waals surface area contributed by atoms with Gasteiger partial charge >= 0.3 is 0 Å². The first-order valence-electron chi connectivity index (χ1n) is 4.99. The molecule has 0 spiro atoms. The zero-order chi connectivity index (χ0) is 10.4. The predicted octanol–water partition coefficient (Wildman–Crippen LogP) is 2.87. The first-order chi connectivity index (χ1) is 7.24. The van der Waals surface area contributed by atoms with Crippen LogP contribution in [0.4, 0.5) is 0 Å². The molecule has 3 rings (SSSR count). The molecule has 2 aliphatic rings. The van der Waals surface area contributed by atoms with Crippen LogP contribution < -0.4 is 5.32 Å². The minimum Gasteiger partial charge on any atom is -0.312 e. The van der Waals surface area contributed by atoms with Gasteiger partial charge in [-0.05, 0) is 39.6 Å². The van der Waals surface area contributed by atoms with E-state index in [4.69, 9.17) is 11.6 Å². The van der Waals surface area contributed by atoms with Crippen LogP contribution in [0.2, 0.25) is 5.02 Å². The SMILES string of the molecule is Clc1cc(C2=CC3CNC3C2)cnc1Br. The highest BCUT2D eigenvalue weighted by molar-refractivity contribution is 9.10. The van der Waals surface area contributed by atoms with Gasteiger partial charge in [0.15, 0.2) is 0 Å². The Bertz CT molecular complexity index is 444. The summed E-state index contributed by atoms with van der Waals surface area (Å²) in [7, 11) is 0. The largest absolute Gasteiger partial charge is 0.312 e. The van der Waals surface area contributed by atoms with Crippen LogP contribution in [0.25, 0.3) is 5.57 Å². The number of hydrogen-bond acceptors (Lipinski definition) is 2. The molecule has 0 saturated carbocycles. The summed E-state index contributed by atoms with van der Waals surface area (Å²) in [5.74, 6) is 0.724. The molecule has 0 radical (unpaired) electrons. The summed E-state index contributed by atoms with van der Waals surface area (Å²) in [5.41, 5.74) is 2.52. The molecule has 1 N–H and O–H groups in total. The molecule has 0 aromatic carbocycles. The molecule has 2 atom stereocenters. The van der Waals surface area contributed by atoms with E-state index in [0.29, 0.717) is 15.7 Å². The number of rotatable bonds is 1. The van der Waals surface area contributed by atoms with E-state index in [1.165, 1.54) is 5.57 Å². The van der Waals surface area contributed by atoms with Gasteiger partial charge in [0.2, 0.25) is 0 Å². The molecule has 4 heteroatoms. The van der Waals surface area contributed by atoms with Crippen LogP contribution in [0.15, 0.2) is 22.9 Å². The summed E-state index contributed by atoms with van der Waals surface area (Å²) < 4.78 is 0.715. The molecule has 0 bridgehead atoms. The van der Waals surface area contributed by atoms with Gasteiger partial charge in [-0.3, -0.25) is 0 Å². The van der Waals surface area contributed by atoms with Gasteiger partial charge < -0.3 is 5.32 Å². The summed E-state index contributed by atoms with van der Waals surface area (Å²) in [5, 5.41) is 4.10. The van der Waals surface area contributed by atoms with E-state index < -0.39 is 0 Å². The number of aromatic nitrogens is 1. The van der Waals surface area contributed by atoms with Crippen LogP contribution in [-0.4, -0.2) is 17.6 Å².